The zero-order chi connectivity index (χ0) is 14.9. The van der Waals surface area contributed by atoms with Gasteiger partial charge in [-0.25, -0.2) is 0 Å². The van der Waals surface area contributed by atoms with E-state index in [1.54, 1.807) is 12.4 Å². The molecule has 0 radical (unpaired) electrons. The standard InChI is InChI=1S/C20H17NO/c22-20(19-13-18(19)16-7-9-21-10-8-16)12-14-5-6-15-3-1-2-4-17(15)11-14/h1-11,18-19H,12-13H2. The smallest absolute Gasteiger partial charge is 0.140 e. The Labute approximate surface area is 129 Å². The molecule has 1 heterocycles. The van der Waals surface area contributed by atoms with Gasteiger partial charge in [0.2, 0.25) is 0 Å². The zero-order valence-corrected chi connectivity index (χ0v) is 12.3. The first-order chi connectivity index (χ1) is 10.8. The molecule has 1 fully saturated rings. The summed E-state index contributed by atoms with van der Waals surface area (Å²) >= 11 is 0. The highest BCUT2D eigenvalue weighted by atomic mass is 16.1. The van der Waals surface area contributed by atoms with Crippen LogP contribution in [0.3, 0.4) is 0 Å². The molecule has 108 valence electrons. The van der Waals surface area contributed by atoms with Crippen LogP contribution in [0, 0.1) is 5.92 Å². The van der Waals surface area contributed by atoms with Gasteiger partial charge in [0.1, 0.15) is 5.78 Å². The van der Waals surface area contributed by atoms with Crippen molar-refractivity contribution in [3.8, 4) is 0 Å². The largest absolute Gasteiger partial charge is 0.299 e. The van der Waals surface area contributed by atoms with Crippen LogP contribution in [0.1, 0.15) is 23.5 Å². The summed E-state index contributed by atoms with van der Waals surface area (Å²) in [6, 6.07) is 18.6. The van der Waals surface area contributed by atoms with Crippen LogP contribution in [-0.2, 0) is 11.2 Å². The molecule has 22 heavy (non-hydrogen) atoms. The Morgan fingerprint density at radius 2 is 1.77 bits per heavy atom. The van der Waals surface area contributed by atoms with Crippen molar-refractivity contribution in [3.05, 3.63) is 78.1 Å². The minimum Gasteiger partial charge on any atom is -0.299 e. The van der Waals surface area contributed by atoms with E-state index in [1.807, 2.05) is 24.3 Å². The molecule has 1 aliphatic carbocycles. The highest BCUT2D eigenvalue weighted by molar-refractivity contribution is 5.89. The van der Waals surface area contributed by atoms with Crippen molar-refractivity contribution < 1.29 is 4.79 Å². The summed E-state index contributed by atoms with van der Waals surface area (Å²) in [6.45, 7) is 0. The molecular formula is C20H17NO. The summed E-state index contributed by atoms with van der Waals surface area (Å²) in [6.07, 6.45) is 5.13. The maximum atomic E-state index is 12.5. The lowest BCUT2D eigenvalue weighted by Crippen LogP contribution is -2.06. The van der Waals surface area contributed by atoms with Gasteiger partial charge in [0, 0.05) is 24.7 Å². The van der Waals surface area contributed by atoms with E-state index >= 15 is 0 Å². The van der Waals surface area contributed by atoms with Crippen LogP contribution < -0.4 is 0 Å². The van der Waals surface area contributed by atoms with Crippen LogP contribution in [0.4, 0.5) is 0 Å². The topological polar surface area (TPSA) is 30.0 Å². The van der Waals surface area contributed by atoms with Gasteiger partial charge in [-0.3, -0.25) is 9.78 Å². The molecule has 3 aromatic rings. The van der Waals surface area contributed by atoms with Crippen LogP contribution in [0.2, 0.25) is 0 Å². The van der Waals surface area contributed by atoms with E-state index in [0.29, 0.717) is 18.1 Å². The van der Waals surface area contributed by atoms with E-state index < -0.39 is 0 Å². The Balaban J connectivity index is 1.48. The Bertz CT molecular complexity index is 825. The third kappa shape index (κ3) is 2.52. The number of pyridine rings is 1. The van der Waals surface area contributed by atoms with E-state index in [-0.39, 0.29) is 5.92 Å². The molecule has 0 saturated heterocycles. The lowest BCUT2D eigenvalue weighted by Gasteiger charge is -2.04. The molecule has 4 rings (SSSR count). The summed E-state index contributed by atoms with van der Waals surface area (Å²) in [7, 11) is 0. The maximum absolute atomic E-state index is 12.5. The molecule has 1 aromatic heterocycles. The number of benzene rings is 2. The number of ketones is 1. The number of carbonyl (C=O) groups is 1. The second-order valence-corrected chi connectivity index (χ2v) is 6.05. The number of hydrogen-bond donors (Lipinski definition) is 0. The molecule has 0 spiro atoms. The van der Waals surface area contributed by atoms with Crippen molar-refractivity contribution >= 4 is 16.6 Å². The predicted octanol–water partition coefficient (Wildman–Crippen LogP) is 4.15. The summed E-state index contributed by atoms with van der Waals surface area (Å²) in [5.74, 6) is 0.946. The first-order valence-corrected chi connectivity index (χ1v) is 7.71. The fraction of sp³-hybridized carbons (Fsp3) is 0.200. The van der Waals surface area contributed by atoms with E-state index in [0.717, 1.165) is 12.0 Å². The Hall–Kier alpha value is -2.48. The van der Waals surface area contributed by atoms with Crippen LogP contribution in [-0.4, -0.2) is 10.8 Å². The molecular weight excluding hydrogens is 270 g/mol. The first kappa shape index (κ1) is 13.2. The van der Waals surface area contributed by atoms with Crippen molar-refractivity contribution in [1.29, 1.82) is 0 Å². The average Bonchev–Trinajstić information content (AvgIpc) is 3.36. The lowest BCUT2D eigenvalue weighted by molar-refractivity contribution is -0.119. The number of Topliss-reactive ketones (excluding diaryl/α,β-unsaturated/α-hetero) is 1. The number of aromatic nitrogens is 1. The summed E-state index contributed by atoms with van der Waals surface area (Å²) in [4.78, 5) is 16.5. The second kappa shape index (κ2) is 5.38. The van der Waals surface area contributed by atoms with E-state index in [4.69, 9.17) is 0 Å². The zero-order valence-electron chi connectivity index (χ0n) is 12.3. The molecule has 2 unspecified atom stereocenters. The molecule has 0 bridgehead atoms. The number of nitrogens with zero attached hydrogens (tertiary/aromatic N) is 1. The van der Waals surface area contributed by atoms with Gasteiger partial charge in [-0.2, -0.15) is 0 Å². The maximum Gasteiger partial charge on any atom is 0.140 e. The number of carbonyl (C=O) groups excluding carboxylic acids is 1. The van der Waals surface area contributed by atoms with Crippen molar-refractivity contribution in [2.75, 3.05) is 0 Å². The molecule has 0 amide bonds. The monoisotopic (exact) mass is 287 g/mol. The van der Waals surface area contributed by atoms with Gasteiger partial charge in [-0.1, -0.05) is 42.5 Å². The normalized spacial score (nSPS) is 20.0. The molecule has 0 aliphatic heterocycles. The Morgan fingerprint density at radius 1 is 1.00 bits per heavy atom. The SMILES string of the molecule is O=C(Cc1ccc2ccccc2c1)C1CC1c1ccncc1. The minimum atomic E-state index is 0.189. The minimum absolute atomic E-state index is 0.189. The van der Waals surface area contributed by atoms with Crippen molar-refractivity contribution in [3.63, 3.8) is 0 Å². The number of hydrogen-bond acceptors (Lipinski definition) is 2. The number of rotatable bonds is 4. The molecule has 1 saturated carbocycles. The molecule has 2 heteroatoms. The van der Waals surface area contributed by atoms with Gasteiger partial charge >= 0.3 is 0 Å². The fourth-order valence-corrected chi connectivity index (χ4v) is 3.21. The van der Waals surface area contributed by atoms with Gasteiger partial charge in [-0.05, 0) is 46.4 Å². The Kier molecular flexibility index (Phi) is 3.23. The van der Waals surface area contributed by atoms with Crippen LogP contribution in [0.5, 0.6) is 0 Å². The van der Waals surface area contributed by atoms with Gasteiger partial charge < -0.3 is 0 Å². The van der Waals surface area contributed by atoms with Crippen molar-refractivity contribution in [1.82, 2.24) is 4.98 Å². The van der Waals surface area contributed by atoms with E-state index in [9.17, 15) is 4.79 Å². The van der Waals surface area contributed by atoms with Crippen LogP contribution in [0.25, 0.3) is 10.8 Å². The molecule has 2 nitrogen and oxygen atoms in total. The molecule has 2 atom stereocenters. The van der Waals surface area contributed by atoms with E-state index in [1.165, 1.54) is 16.3 Å². The summed E-state index contributed by atoms with van der Waals surface area (Å²) in [5, 5.41) is 2.43. The molecule has 2 aromatic carbocycles. The molecule has 0 N–H and O–H groups in total. The Morgan fingerprint density at radius 3 is 2.59 bits per heavy atom. The second-order valence-electron chi connectivity index (χ2n) is 6.05. The van der Waals surface area contributed by atoms with Gasteiger partial charge in [0.15, 0.2) is 0 Å². The third-order valence-electron chi connectivity index (χ3n) is 4.53. The highest BCUT2D eigenvalue weighted by Crippen LogP contribution is 2.48. The predicted molar refractivity (Wildman–Crippen MR) is 87.7 cm³/mol. The van der Waals surface area contributed by atoms with Crippen LogP contribution in [0.15, 0.2) is 67.0 Å². The van der Waals surface area contributed by atoms with Gasteiger partial charge in [0.05, 0.1) is 0 Å². The highest BCUT2D eigenvalue weighted by Gasteiger charge is 2.43. The van der Waals surface area contributed by atoms with Crippen molar-refractivity contribution in [2.24, 2.45) is 5.92 Å². The average molecular weight is 287 g/mol. The first-order valence-electron chi connectivity index (χ1n) is 7.71. The fourth-order valence-electron chi connectivity index (χ4n) is 3.21. The molecule has 1 aliphatic rings. The third-order valence-corrected chi connectivity index (χ3v) is 4.53. The van der Waals surface area contributed by atoms with Crippen molar-refractivity contribution in [2.45, 2.75) is 18.8 Å². The van der Waals surface area contributed by atoms with Crippen LogP contribution >= 0.6 is 0 Å². The van der Waals surface area contributed by atoms with Gasteiger partial charge in [-0.15, -0.1) is 0 Å². The quantitative estimate of drug-likeness (QED) is 0.721. The number of fused-ring (bicyclic) bond motifs is 1. The van der Waals surface area contributed by atoms with E-state index in [2.05, 4.69) is 35.3 Å². The van der Waals surface area contributed by atoms with Gasteiger partial charge in [0.25, 0.3) is 0 Å². The summed E-state index contributed by atoms with van der Waals surface area (Å²) in [5.41, 5.74) is 2.36. The summed E-state index contributed by atoms with van der Waals surface area (Å²) < 4.78 is 0. The lowest BCUT2D eigenvalue weighted by atomic mass is 10.0.